The van der Waals surface area contributed by atoms with E-state index in [4.69, 9.17) is 0 Å². The van der Waals surface area contributed by atoms with Gasteiger partial charge in [0.2, 0.25) is 0 Å². The molecule has 4 rings (SSSR count). The Balaban J connectivity index is 1.41. The first kappa shape index (κ1) is 17.0. The zero-order valence-corrected chi connectivity index (χ0v) is 15.3. The summed E-state index contributed by atoms with van der Waals surface area (Å²) in [5.74, 6) is 0.843. The number of aromatic nitrogens is 3. The van der Waals surface area contributed by atoms with Gasteiger partial charge in [-0.1, -0.05) is 12.8 Å². The number of nitrogens with zero attached hydrogens (tertiary/aromatic N) is 5. The molecule has 0 atom stereocenters. The maximum Gasteiger partial charge on any atom is 0.273 e. The van der Waals surface area contributed by atoms with E-state index >= 15 is 0 Å². The molecule has 0 spiro atoms. The van der Waals surface area contributed by atoms with E-state index in [1.807, 2.05) is 16.8 Å². The van der Waals surface area contributed by atoms with Crippen molar-refractivity contribution < 1.29 is 4.79 Å². The van der Waals surface area contributed by atoms with Crippen LogP contribution >= 0.6 is 0 Å². The molecule has 2 aromatic heterocycles. The molecule has 0 aromatic carbocycles. The van der Waals surface area contributed by atoms with Gasteiger partial charge in [0, 0.05) is 32.4 Å². The van der Waals surface area contributed by atoms with E-state index in [9.17, 15) is 4.79 Å². The lowest BCUT2D eigenvalue weighted by atomic mass is 10.2. The second kappa shape index (κ2) is 7.45. The first-order chi connectivity index (χ1) is 12.7. The zero-order valence-electron chi connectivity index (χ0n) is 15.3. The van der Waals surface area contributed by atoms with Gasteiger partial charge in [0.15, 0.2) is 0 Å². The van der Waals surface area contributed by atoms with Crippen LogP contribution in [0.3, 0.4) is 0 Å². The highest BCUT2D eigenvalue weighted by Gasteiger charge is 2.23. The predicted octanol–water partition coefficient (Wildman–Crippen LogP) is 2.40. The molecule has 2 aliphatic rings. The summed E-state index contributed by atoms with van der Waals surface area (Å²) in [7, 11) is 2.14. The van der Waals surface area contributed by atoms with Crippen LogP contribution in [-0.2, 0) is 0 Å². The number of anilines is 2. The molecule has 1 saturated heterocycles. The number of rotatable bonds is 4. The Morgan fingerprint density at radius 1 is 1.12 bits per heavy atom. The van der Waals surface area contributed by atoms with Crippen molar-refractivity contribution in [1.82, 2.24) is 19.7 Å². The first-order valence-corrected chi connectivity index (χ1v) is 9.45. The van der Waals surface area contributed by atoms with Crippen molar-refractivity contribution in [3.8, 4) is 0 Å². The van der Waals surface area contributed by atoms with Gasteiger partial charge in [-0.25, -0.2) is 4.98 Å². The number of hydrogen-bond donors (Lipinski definition) is 1. The van der Waals surface area contributed by atoms with Gasteiger partial charge >= 0.3 is 0 Å². The van der Waals surface area contributed by atoms with Gasteiger partial charge in [-0.2, -0.15) is 5.10 Å². The fourth-order valence-electron chi connectivity index (χ4n) is 3.81. The third kappa shape index (κ3) is 3.58. The van der Waals surface area contributed by atoms with Crippen molar-refractivity contribution in [3.63, 3.8) is 0 Å². The summed E-state index contributed by atoms with van der Waals surface area (Å²) in [4.78, 5) is 21.8. The summed E-state index contributed by atoms with van der Waals surface area (Å²) < 4.78 is 1.88. The Morgan fingerprint density at radius 3 is 2.58 bits per heavy atom. The Bertz CT molecular complexity index is 742. The van der Waals surface area contributed by atoms with Crippen LogP contribution in [0.25, 0.3) is 0 Å². The van der Waals surface area contributed by atoms with E-state index in [1.165, 1.54) is 12.8 Å². The van der Waals surface area contributed by atoms with E-state index < -0.39 is 0 Å². The van der Waals surface area contributed by atoms with E-state index in [-0.39, 0.29) is 5.91 Å². The summed E-state index contributed by atoms with van der Waals surface area (Å²) in [6.07, 6.45) is 8.07. The lowest BCUT2D eigenvalue weighted by Gasteiger charge is -2.33. The van der Waals surface area contributed by atoms with Crippen LogP contribution in [0.1, 0.15) is 42.2 Å². The van der Waals surface area contributed by atoms with E-state index in [2.05, 4.69) is 32.2 Å². The van der Waals surface area contributed by atoms with Crippen molar-refractivity contribution >= 4 is 17.4 Å². The minimum Gasteiger partial charge on any atom is -0.354 e. The monoisotopic (exact) mass is 354 g/mol. The standard InChI is InChI=1S/C19H26N6O/c1-23-10-12-24(13-11-23)18-7-6-15(14-20-18)22-19(26)17-8-9-21-25(17)16-4-2-3-5-16/h6-9,14,16H,2-5,10-13H2,1H3,(H,22,26). The Hall–Kier alpha value is -2.41. The molecule has 1 amide bonds. The highest BCUT2D eigenvalue weighted by molar-refractivity contribution is 6.03. The molecule has 3 heterocycles. The number of amides is 1. The molecule has 1 aliphatic carbocycles. The number of carbonyl (C=O) groups is 1. The molecule has 0 radical (unpaired) electrons. The lowest BCUT2D eigenvalue weighted by molar-refractivity contribution is 0.101. The maximum absolute atomic E-state index is 12.7. The highest BCUT2D eigenvalue weighted by Crippen LogP contribution is 2.30. The molecule has 1 saturated carbocycles. The molecule has 1 N–H and O–H groups in total. The quantitative estimate of drug-likeness (QED) is 0.913. The first-order valence-electron chi connectivity index (χ1n) is 9.45. The molecule has 0 unspecified atom stereocenters. The average molecular weight is 354 g/mol. The summed E-state index contributed by atoms with van der Waals surface area (Å²) in [6, 6.07) is 6.05. The molecule has 2 fully saturated rings. The van der Waals surface area contributed by atoms with Crippen molar-refractivity contribution in [3.05, 3.63) is 36.3 Å². The smallest absolute Gasteiger partial charge is 0.273 e. The summed E-state index contributed by atoms with van der Waals surface area (Å²) >= 11 is 0. The van der Waals surface area contributed by atoms with Crippen LogP contribution in [0.4, 0.5) is 11.5 Å². The van der Waals surface area contributed by atoms with Gasteiger partial charge in [-0.3, -0.25) is 9.48 Å². The number of carbonyl (C=O) groups excluding carboxylic acids is 1. The van der Waals surface area contributed by atoms with Crippen LogP contribution in [0.5, 0.6) is 0 Å². The maximum atomic E-state index is 12.7. The molecule has 26 heavy (non-hydrogen) atoms. The van der Waals surface area contributed by atoms with Crippen LogP contribution in [0.15, 0.2) is 30.6 Å². The molecule has 0 bridgehead atoms. The van der Waals surface area contributed by atoms with E-state index in [1.54, 1.807) is 18.5 Å². The number of hydrogen-bond acceptors (Lipinski definition) is 5. The van der Waals surface area contributed by atoms with Crippen molar-refractivity contribution in [1.29, 1.82) is 0 Å². The predicted molar refractivity (Wildman–Crippen MR) is 102 cm³/mol. The third-order valence-corrected chi connectivity index (χ3v) is 5.41. The van der Waals surface area contributed by atoms with Crippen LogP contribution in [0, 0.1) is 0 Å². The fourth-order valence-corrected chi connectivity index (χ4v) is 3.81. The van der Waals surface area contributed by atoms with Crippen LogP contribution in [-0.4, -0.2) is 58.8 Å². The minimum atomic E-state index is -0.122. The Kier molecular flexibility index (Phi) is 4.88. The summed E-state index contributed by atoms with van der Waals surface area (Å²) in [6.45, 7) is 4.06. The largest absolute Gasteiger partial charge is 0.354 e. The van der Waals surface area contributed by atoms with Gasteiger partial charge < -0.3 is 15.1 Å². The number of pyridine rings is 1. The SMILES string of the molecule is CN1CCN(c2ccc(NC(=O)c3ccnn3C3CCCC3)cn2)CC1. The number of nitrogens with one attached hydrogen (secondary N) is 1. The molecule has 2 aromatic rings. The number of likely N-dealkylation sites (N-methyl/N-ethyl adjacent to an activating group) is 1. The van der Waals surface area contributed by atoms with E-state index in [0.717, 1.165) is 44.8 Å². The van der Waals surface area contributed by atoms with Crippen molar-refractivity contribution in [2.75, 3.05) is 43.4 Å². The number of piperazine rings is 1. The molecule has 1 aliphatic heterocycles. The molecule has 138 valence electrons. The summed E-state index contributed by atoms with van der Waals surface area (Å²) in [5.41, 5.74) is 1.34. The Labute approximate surface area is 154 Å². The fraction of sp³-hybridized carbons (Fsp3) is 0.526. The van der Waals surface area contributed by atoms with Crippen molar-refractivity contribution in [2.45, 2.75) is 31.7 Å². The lowest BCUT2D eigenvalue weighted by Crippen LogP contribution is -2.44. The van der Waals surface area contributed by atoms with Gasteiger partial charge in [0.1, 0.15) is 11.5 Å². The Morgan fingerprint density at radius 2 is 1.88 bits per heavy atom. The van der Waals surface area contributed by atoms with Crippen molar-refractivity contribution in [2.24, 2.45) is 0 Å². The van der Waals surface area contributed by atoms with E-state index in [0.29, 0.717) is 17.4 Å². The topological polar surface area (TPSA) is 66.3 Å². The molecular weight excluding hydrogens is 328 g/mol. The second-order valence-electron chi connectivity index (χ2n) is 7.25. The molecule has 7 heteroatoms. The van der Waals surface area contributed by atoms with Gasteiger partial charge in [0.25, 0.3) is 5.91 Å². The van der Waals surface area contributed by atoms with Gasteiger partial charge in [-0.15, -0.1) is 0 Å². The normalized spacial score (nSPS) is 19.0. The van der Waals surface area contributed by atoms with Gasteiger partial charge in [-0.05, 0) is 38.1 Å². The second-order valence-corrected chi connectivity index (χ2v) is 7.25. The van der Waals surface area contributed by atoms with Gasteiger partial charge in [0.05, 0.1) is 17.9 Å². The van der Waals surface area contributed by atoms with Crippen LogP contribution in [0.2, 0.25) is 0 Å². The molecular formula is C19H26N6O. The molecule has 7 nitrogen and oxygen atoms in total. The zero-order chi connectivity index (χ0) is 17.9. The summed E-state index contributed by atoms with van der Waals surface area (Å²) in [5, 5.41) is 7.33. The highest BCUT2D eigenvalue weighted by atomic mass is 16.2. The van der Waals surface area contributed by atoms with Crippen LogP contribution < -0.4 is 10.2 Å². The third-order valence-electron chi connectivity index (χ3n) is 5.41. The average Bonchev–Trinajstić information content (AvgIpc) is 3.34. The minimum absolute atomic E-state index is 0.122.